The highest BCUT2D eigenvalue weighted by molar-refractivity contribution is 7.85. The predicted molar refractivity (Wildman–Crippen MR) is 96.0 cm³/mol. The number of hydrogen-bond donors (Lipinski definition) is 2. The van der Waals surface area contributed by atoms with E-state index in [9.17, 15) is 9.00 Å². The molecule has 2 N–H and O–H groups in total. The molecule has 134 valence electrons. The number of rotatable bonds is 6. The predicted octanol–water partition coefficient (Wildman–Crippen LogP) is 1.95. The van der Waals surface area contributed by atoms with Crippen molar-refractivity contribution in [3.63, 3.8) is 0 Å². The lowest BCUT2D eigenvalue weighted by Crippen LogP contribution is -2.54. The van der Waals surface area contributed by atoms with Gasteiger partial charge in [-0.2, -0.15) is 0 Å². The van der Waals surface area contributed by atoms with Gasteiger partial charge in [0.2, 0.25) is 0 Å². The normalized spacial score (nSPS) is 30.1. The van der Waals surface area contributed by atoms with Crippen LogP contribution in [0.1, 0.15) is 46.5 Å². The third-order valence-corrected chi connectivity index (χ3v) is 7.07. The van der Waals surface area contributed by atoms with Crippen molar-refractivity contribution in [3.8, 4) is 0 Å². The molecule has 1 saturated heterocycles. The Morgan fingerprint density at radius 1 is 1.30 bits per heavy atom. The molecule has 6 heteroatoms. The van der Waals surface area contributed by atoms with Crippen molar-refractivity contribution in [2.45, 2.75) is 57.2 Å². The van der Waals surface area contributed by atoms with Crippen molar-refractivity contribution in [2.75, 3.05) is 32.4 Å². The van der Waals surface area contributed by atoms with Crippen LogP contribution >= 0.6 is 0 Å². The highest BCUT2D eigenvalue weighted by Crippen LogP contribution is 2.36. The Morgan fingerprint density at radius 3 is 2.39 bits per heavy atom. The monoisotopic (exact) mass is 343 g/mol. The molecule has 5 nitrogen and oxygen atoms in total. The molecule has 0 aromatic rings. The summed E-state index contributed by atoms with van der Waals surface area (Å²) < 4.78 is 11.7. The van der Waals surface area contributed by atoms with Gasteiger partial charge in [0.25, 0.3) is 0 Å². The topological polar surface area (TPSA) is 61.4 Å². The highest BCUT2D eigenvalue weighted by Gasteiger charge is 2.41. The molecular formula is C17H33N3O2S. The standard InChI is InChI=1S/C17H33N3O2S/c1-13-8-14(2)10-20(9-13)11-15(3)19-16(21)18-12-17(23(4)22)6-5-7-17/h13-15H,5-12H2,1-4H3,(H2,18,19,21)/t13-,14+,15-,23+/m0/s1. The van der Waals surface area contributed by atoms with Gasteiger partial charge in [0.1, 0.15) is 0 Å². The van der Waals surface area contributed by atoms with E-state index in [1.54, 1.807) is 6.26 Å². The van der Waals surface area contributed by atoms with Gasteiger partial charge in [0.05, 0.1) is 4.75 Å². The number of likely N-dealkylation sites (tertiary alicyclic amines) is 1. The summed E-state index contributed by atoms with van der Waals surface area (Å²) in [4.78, 5) is 14.6. The Balaban J connectivity index is 1.71. The van der Waals surface area contributed by atoms with Crippen molar-refractivity contribution >= 4 is 16.8 Å². The Morgan fingerprint density at radius 2 is 1.91 bits per heavy atom. The average molecular weight is 344 g/mol. The number of carbonyl (C=O) groups excluding carboxylic acids is 1. The summed E-state index contributed by atoms with van der Waals surface area (Å²) in [6.07, 6.45) is 6.07. The van der Waals surface area contributed by atoms with E-state index < -0.39 is 10.8 Å². The molecule has 0 aromatic heterocycles. The van der Waals surface area contributed by atoms with E-state index in [0.29, 0.717) is 6.54 Å². The van der Waals surface area contributed by atoms with Crippen LogP contribution in [0.4, 0.5) is 4.79 Å². The molecule has 23 heavy (non-hydrogen) atoms. The van der Waals surface area contributed by atoms with Crippen LogP contribution in [0.5, 0.6) is 0 Å². The fourth-order valence-electron chi connectivity index (χ4n) is 4.03. The Hall–Kier alpha value is -0.620. The van der Waals surface area contributed by atoms with Crippen LogP contribution in [0.15, 0.2) is 0 Å². The van der Waals surface area contributed by atoms with Gasteiger partial charge in [-0.05, 0) is 38.0 Å². The summed E-state index contributed by atoms with van der Waals surface area (Å²) >= 11 is 0. The van der Waals surface area contributed by atoms with Crippen LogP contribution in [0.25, 0.3) is 0 Å². The summed E-state index contributed by atoms with van der Waals surface area (Å²) in [5.74, 6) is 1.47. The van der Waals surface area contributed by atoms with Crippen molar-refractivity contribution < 1.29 is 9.00 Å². The van der Waals surface area contributed by atoms with Crippen LogP contribution in [-0.2, 0) is 10.8 Å². The van der Waals surface area contributed by atoms with E-state index in [0.717, 1.165) is 50.7 Å². The maximum atomic E-state index is 12.1. The van der Waals surface area contributed by atoms with Gasteiger partial charge in [-0.15, -0.1) is 0 Å². The van der Waals surface area contributed by atoms with Gasteiger partial charge in [0, 0.05) is 49.3 Å². The molecule has 1 aliphatic carbocycles. The average Bonchev–Trinajstić information content (AvgIpc) is 2.34. The molecule has 0 spiro atoms. The second-order valence-corrected chi connectivity index (χ2v) is 9.66. The number of carbonyl (C=O) groups is 1. The summed E-state index contributed by atoms with van der Waals surface area (Å²) in [6, 6.07) is -0.00991. The van der Waals surface area contributed by atoms with Gasteiger partial charge < -0.3 is 15.5 Å². The summed E-state index contributed by atoms with van der Waals surface area (Å²) in [5, 5.41) is 5.96. The van der Waals surface area contributed by atoms with Crippen LogP contribution in [0, 0.1) is 11.8 Å². The van der Waals surface area contributed by atoms with E-state index in [4.69, 9.17) is 0 Å². The van der Waals surface area contributed by atoms with Crippen molar-refractivity contribution in [1.29, 1.82) is 0 Å². The van der Waals surface area contributed by atoms with E-state index in [1.807, 2.05) is 0 Å². The maximum Gasteiger partial charge on any atom is 0.315 e. The maximum absolute atomic E-state index is 12.1. The highest BCUT2D eigenvalue weighted by atomic mass is 32.2. The molecule has 0 unspecified atom stereocenters. The first-order valence-corrected chi connectivity index (χ1v) is 10.5. The molecule has 1 aliphatic heterocycles. The van der Waals surface area contributed by atoms with Crippen molar-refractivity contribution in [1.82, 2.24) is 15.5 Å². The molecule has 2 rings (SSSR count). The number of piperidine rings is 1. The van der Waals surface area contributed by atoms with Crippen LogP contribution in [-0.4, -0.2) is 58.4 Å². The van der Waals surface area contributed by atoms with Gasteiger partial charge in [-0.25, -0.2) is 4.79 Å². The zero-order valence-corrected chi connectivity index (χ0v) is 15.9. The Bertz CT molecular complexity index is 430. The second-order valence-electron chi connectivity index (χ2n) is 7.88. The van der Waals surface area contributed by atoms with E-state index in [2.05, 4.69) is 36.3 Å². The van der Waals surface area contributed by atoms with Crippen LogP contribution in [0.3, 0.4) is 0 Å². The molecule has 4 atom stereocenters. The molecular weight excluding hydrogens is 310 g/mol. The molecule has 0 radical (unpaired) electrons. The second kappa shape index (κ2) is 7.97. The van der Waals surface area contributed by atoms with Gasteiger partial charge >= 0.3 is 6.03 Å². The Labute approximate surface area is 143 Å². The zero-order chi connectivity index (χ0) is 17.0. The fraction of sp³-hybridized carbons (Fsp3) is 0.941. The minimum atomic E-state index is -0.876. The summed E-state index contributed by atoms with van der Waals surface area (Å²) in [7, 11) is -0.876. The first-order chi connectivity index (χ1) is 10.8. The van der Waals surface area contributed by atoms with Crippen LogP contribution in [0.2, 0.25) is 0 Å². The van der Waals surface area contributed by atoms with E-state index >= 15 is 0 Å². The number of hydrogen-bond acceptors (Lipinski definition) is 3. The number of urea groups is 1. The molecule has 1 saturated carbocycles. The number of nitrogens with zero attached hydrogens (tertiary/aromatic N) is 1. The largest absolute Gasteiger partial charge is 0.337 e. The third-order valence-electron chi connectivity index (χ3n) is 5.30. The quantitative estimate of drug-likeness (QED) is 0.775. The lowest BCUT2D eigenvalue weighted by molar-refractivity contribution is 0.131. The van der Waals surface area contributed by atoms with Crippen molar-refractivity contribution in [3.05, 3.63) is 0 Å². The zero-order valence-electron chi connectivity index (χ0n) is 15.1. The number of amides is 2. The van der Waals surface area contributed by atoms with E-state index in [-0.39, 0.29) is 16.8 Å². The lowest BCUT2D eigenvalue weighted by Gasteiger charge is -2.40. The minimum Gasteiger partial charge on any atom is -0.337 e. The third kappa shape index (κ3) is 5.18. The molecule has 2 fully saturated rings. The van der Waals surface area contributed by atoms with E-state index in [1.165, 1.54) is 6.42 Å². The SMILES string of the molecule is C[C@@H]1C[C@H](C)CN(C[C@H](C)NC(=O)NCC2([S@@](C)=O)CCC2)C1. The molecule has 0 aromatic carbocycles. The molecule has 1 heterocycles. The number of nitrogens with one attached hydrogen (secondary N) is 2. The first-order valence-electron chi connectivity index (χ1n) is 8.91. The van der Waals surface area contributed by atoms with Gasteiger partial charge in [-0.1, -0.05) is 20.3 Å². The van der Waals surface area contributed by atoms with Crippen molar-refractivity contribution in [2.24, 2.45) is 11.8 Å². The first kappa shape index (κ1) is 18.7. The Kier molecular flexibility index (Phi) is 6.48. The van der Waals surface area contributed by atoms with Crippen LogP contribution < -0.4 is 10.6 Å². The summed E-state index contributed by atoms with van der Waals surface area (Å²) in [5.41, 5.74) is 0. The fourth-order valence-corrected chi connectivity index (χ4v) is 5.17. The lowest BCUT2D eigenvalue weighted by atomic mass is 9.84. The van der Waals surface area contributed by atoms with Gasteiger partial charge in [-0.3, -0.25) is 4.21 Å². The molecule has 2 amide bonds. The minimum absolute atomic E-state index is 0.122. The smallest absolute Gasteiger partial charge is 0.315 e. The summed E-state index contributed by atoms with van der Waals surface area (Å²) in [6.45, 7) is 10.3. The molecule has 2 aliphatic rings. The van der Waals surface area contributed by atoms with Gasteiger partial charge in [0.15, 0.2) is 0 Å². The molecule has 0 bridgehead atoms.